The molecule has 7 nitrogen and oxygen atoms in total. The van der Waals surface area contributed by atoms with Crippen LogP contribution in [0.2, 0.25) is 0 Å². The largest absolute Gasteiger partial charge is 0.469 e. The summed E-state index contributed by atoms with van der Waals surface area (Å²) in [6.07, 6.45) is 19.0. The van der Waals surface area contributed by atoms with Gasteiger partial charge in [-0.25, -0.2) is 0 Å². The molecule has 2 aromatic carbocycles. The summed E-state index contributed by atoms with van der Waals surface area (Å²) >= 11 is 1.80. The number of nitrogens with zero attached hydrogens (tertiary/aromatic N) is 6. The third kappa shape index (κ3) is 18.7. The second-order valence-corrected chi connectivity index (χ2v) is 20.0. The maximum absolute atomic E-state index is 4.96. The highest BCUT2D eigenvalue weighted by Crippen LogP contribution is 2.35. The average molecular weight is 983 g/mol. The molecule has 1 aliphatic carbocycles. The molecule has 9 aromatic rings. The Bertz CT molecular complexity index is 2810. The van der Waals surface area contributed by atoms with E-state index in [4.69, 9.17) is 4.42 Å². The molecule has 0 amide bonds. The van der Waals surface area contributed by atoms with Crippen LogP contribution in [0.15, 0.2) is 168 Å². The summed E-state index contributed by atoms with van der Waals surface area (Å²) in [4.78, 5) is 17.4. The molecule has 0 bridgehead atoms. The van der Waals surface area contributed by atoms with Gasteiger partial charge in [-0.2, -0.15) is 0 Å². The van der Waals surface area contributed by atoms with Crippen LogP contribution in [-0.2, 0) is 7.05 Å². The van der Waals surface area contributed by atoms with Crippen LogP contribution in [0.4, 0.5) is 0 Å². The van der Waals surface area contributed by atoms with Gasteiger partial charge in [0.25, 0.3) is 0 Å². The lowest BCUT2D eigenvalue weighted by Gasteiger charge is -2.17. The molecule has 0 N–H and O–H groups in total. The predicted octanol–water partition coefficient (Wildman–Crippen LogP) is 17.6. The van der Waals surface area contributed by atoms with Gasteiger partial charge in [0.2, 0.25) is 0 Å². The minimum atomic E-state index is 0.323. The molecule has 0 fully saturated rings. The normalized spacial score (nSPS) is 11.5. The van der Waals surface area contributed by atoms with Crippen molar-refractivity contribution in [1.29, 1.82) is 0 Å². The molecule has 380 valence electrons. The molecule has 0 radical (unpaired) electrons. The van der Waals surface area contributed by atoms with Gasteiger partial charge in [-0.3, -0.25) is 19.9 Å². The summed E-state index contributed by atoms with van der Waals surface area (Å²) in [5.74, 6) is 1.01. The van der Waals surface area contributed by atoms with Crippen LogP contribution in [0, 0.1) is 102 Å². The van der Waals surface area contributed by atoms with Gasteiger partial charge < -0.3 is 13.6 Å². The monoisotopic (exact) mass is 983 g/mol. The number of para-hydroxylation sites is 2. The van der Waals surface area contributed by atoms with Crippen molar-refractivity contribution in [2.24, 2.45) is 12.5 Å². The van der Waals surface area contributed by atoms with Gasteiger partial charge in [-0.1, -0.05) is 73.5 Å². The first-order chi connectivity index (χ1) is 34.1. The highest BCUT2D eigenvalue weighted by atomic mass is 32.1. The Morgan fingerprint density at radius 3 is 1.40 bits per heavy atom. The van der Waals surface area contributed by atoms with Gasteiger partial charge >= 0.3 is 0 Å². The summed E-state index contributed by atoms with van der Waals surface area (Å²) < 4.78 is 9.41. The first kappa shape index (κ1) is 59.4. The summed E-state index contributed by atoms with van der Waals surface area (Å²) in [6.45, 7) is 37.9. The van der Waals surface area contributed by atoms with Crippen molar-refractivity contribution in [3.63, 3.8) is 0 Å². The summed E-state index contributed by atoms with van der Waals surface area (Å²) in [7, 11) is 2.12. The van der Waals surface area contributed by atoms with Gasteiger partial charge in [0.05, 0.1) is 17.7 Å². The fraction of sp³-hybridized carbons (Fsp3) is 0.312. The SMILES string of the molecule is CC1=C(C)C(C)(C)C=C1.Cc1c(C)n(C)c2ccccc12.Cc1ccn(-c2ccccc2)c1C.Cc1ccncc1C.Cc1ccncc1C.Cc1ccoc1C.Cc1ccsc1C.Cc1nccnc1C. The molecule has 7 aromatic heterocycles. The third-order valence-corrected chi connectivity index (χ3v) is 14.4. The lowest BCUT2D eigenvalue weighted by Crippen LogP contribution is -2.05. The molecule has 8 heteroatoms. The number of thiophene rings is 1. The number of aryl methyl sites for hydroxylation is 13. The van der Waals surface area contributed by atoms with Crippen LogP contribution >= 0.6 is 11.3 Å². The van der Waals surface area contributed by atoms with Crippen molar-refractivity contribution in [2.45, 2.75) is 125 Å². The molecule has 0 saturated carbocycles. The molecule has 0 spiro atoms. The zero-order valence-corrected chi connectivity index (χ0v) is 47.8. The smallest absolute Gasteiger partial charge is 0.103 e. The molecule has 72 heavy (non-hydrogen) atoms. The fourth-order valence-corrected chi connectivity index (χ4v) is 7.47. The van der Waals surface area contributed by atoms with Crippen LogP contribution in [-0.4, -0.2) is 29.1 Å². The molecule has 0 aliphatic heterocycles. The molecule has 1 aliphatic rings. The Hall–Kier alpha value is -6.90. The van der Waals surface area contributed by atoms with E-state index in [1.807, 2.05) is 76.7 Å². The van der Waals surface area contributed by atoms with Crippen molar-refractivity contribution in [2.75, 3.05) is 0 Å². The summed E-state index contributed by atoms with van der Waals surface area (Å²) in [5, 5.41) is 3.49. The summed E-state index contributed by atoms with van der Waals surface area (Å²) in [5.41, 5.74) is 21.0. The van der Waals surface area contributed by atoms with Crippen molar-refractivity contribution < 1.29 is 4.42 Å². The number of allylic oxidation sites excluding steroid dienone is 4. The number of pyridine rings is 2. The Kier molecular flexibility index (Phi) is 24.3. The molecule has 7 heterocycles. The van der Waals surface area contributed by atoms with Crippen LogP contribution < -0.4 is 0 Å². The minimum absolute atomic E-state index is 0.323. The highest BCUT2D eigenvalue weighted by Gasteiger charge is 2.21. The average Bonchev–Trinajstić information content (AvgIpc) is 4.16. The standard InChI is InChI=1S/C12H13N.C11H13N.C9H14.2C7H9N.C6H8N2.C6H8O.C6H8S/c1-10-8-9-13(11(10)2)12-6-4-3-5-7-12;1-8-9(2)12(3)11-7-5-4-6-10(8)11;1-7-5-6-9(3,4)8(7)2;2*1-6-3-4-8-5-7(6)2;1-5-6(2)8-4-3-7-5;2*1-5-3-4-7-6(5)2/h3-9H,1-2H3;4-7H,1-3H3;5-6H,1-4H3;2*3-5H,1-2H3;3-4H,1-2H3;2*3-4H,1-2H3. The van der Waals surface area contributed by atoms with Crippen LogP contribution in [0.3, 0.4) is 0 Å². The van der Waals surface area contributed by atoms with E-state index in [9.17, 15) is 0 Å². The Balaban J connectivity index is 0.000000220. The number of hydrogen-bond acceptors (Lipinski definition) is 6. The number of rotatable bonds is 1. The van der Waals surface area contributed by atoms with Gasteiger partial charge in [-0.05, 0) is 209 Å². The first-order valence-electron chi connectivity index (χ1n) is 24.6. The Morgan fingerprint density at radius 1 is 0.528 bits per heavy atom. The van der Waals surface area contributed by atoms with E-state index >= 15 is 0 Å². The van der Waals surface area contributed by atoms with Crippen molar-refractivity contribution >= 4 is 22.2 Å². The lowest BCUT2D eigenvalue weighted by atomic mass is 9.88. The first-order valence-corrected chi connectivity index (χ1v) is 25.5. The second kappa shape index (κ2) is 29.4. The quantitative estimate of drug-likeness (QED) is 0.164. The van der Waals surface area contributed by atoms with Crippen molar-refractivity contribution in [3.05, 3.63) is 241 Å². The van der Waals surface area contributed by atoms with Crippen LogP contribution in [0.25, 0.3) is 16.6 Å². The van der Waals surface area contributed by atoms with Gasteiger partial charge in [0, 0.05) is 88.7 Å². The molecule has 0 atom stereocenters. The second-order valence-electron chi connectivity index (χ2n) is 18.9. The zero-order valence-electron chi connectivity index (χ0n) is 46.9. The zero-order chi connectivity index (χ0) is 53.5. The lowest BCUT2D eigenvalue weighted by molar-refractivity contribution is 0.532. The van der Waals surface area contributed by atoms with E-state index in [2.05, 4.69) is 217 Å². The topological polar surface area (TPSA) is 74.6 Å². The van der Waals surface area contributed by atoms with Crippen molar-refractivity contribution in [3.8, 4) is 5.69 Å². The molecular weight excluding hydrogens is 901 g/mol. The van der Waals surface area contributed by atoms with Crippen LogP contribution in [0.1, 0.15) is 106 Å². The van der Waals surface area contributed by atoms with Gasteiger partial charge in [0.1, 0.15) is 5.76 Å². The van der Waals surface area contributed by atoms with Gasteiger partial charge in [0.15, 0.2) is 0 Å². The molecular formula is C64H82N6OS. The number of fused-ring (bicyclic) bond motifs is 1. The third-order valence-electron chi connectivity index (χ3n) is 13.4. The Morgan fingerprint density at radius 2 is 1.08 bits per heavy atom. The van der Waals surface area contributed by atoms with E-state index in [0.717, 1.165) is 17.1 Å². The number of benzene rings is 2. The fourth-order valence-electron chi connectivity index (χ4n) is 6.74. The maximum Gasteiger partial charge on any atom is 0.103 e. The highest BCUT2D eigenvalue weighted by molar-refractivity contribution is 7.10. The number of furan rings is 1. The van der Waals surface area contributed by atoms with Gasteiger partial charge in [-0.15, -0.1) is 11.3 Å². The molecule has 10 rings (SSSR count). The molecule has 0 unspecified atom stereocenters. The van der Waals surface area contributed by atoms with Crippen LogP contribution in [0.5, 0.6) is 0 Å². The van der Waals surface area contributed by atoms with E-state index < -0.39 is 0 Å². The summed E-state index contributed by atoms with van der Waals surface area (Å²) in [6, 6.07) is 29.2. The van der Waals surface area contributed by atoms with E-state index in [-0.39, 0.29) is 0 Å². The predicted molar refractivity (Wildman–Crippen MR) is 310 cm³/mol. The number of hydrogen-bond donors (Lipinski definition) is 0. The van der Waals surface area contributed by atoms with E-state index in [0.29, 0.717) is 5.41 Å². The van der Waals surface area contributed by atoms with Crippen molar-refractivity contribution in [1.82, 2.24) is 29.1 Å². The van der Waals surface area contributed by atoms with E-state index in [1.54, 1.807) is 30.0 Å². The maximum atomic E-state index is 4.96. The minimum Gasteiger partial charge on any atom is -0.469 e. The van der Waals surface area contributed by atoms with E-state index in [1.165, 1.54) is 88.5 Å². The Labute approximate surface area is 437 Å². The number of aromatic nitrogens is 6. The molecule has 0 saturated heterocycles.